The first-order valence-electron chi connectivity index (χ1n) is 11.0. The van der Waals surface area contributed by atoms with Gasteiger partial charge in [-0.15, -0.1) is 17.0 Å². The molecule has 7 heteroatoms. The van der Waals surface area contributed by atoms with Crippen LogP contribution in [0, 0.1) is 0 Å². The van der Waals surface area contributed by atoms with Crippen LogP contribution < -0.4 is 20.8 Å². The van der Waals surface area contributed by atoms with Gasteiger partial charge in [0.05, 0.1) is 24.2 Å². The normalized spacial score (nSPS) is 15.7. The second-order valence-electron chi connectivity index (χ2n) is 7.78. The summed E-state index contributed by atoms with van der Waals surface area (Å²) in [6, 6.07) is 17.7. The predicted molar refractivity (Wildman–Crippen MR) is 133 cm³/mol. The van der Waals surface area contributed by atoms with Crippen LogP contribution >= 0.6 is 17.0 Å². The Morgan fingerprint density at radius 3 is 2.56 bits per heavy atom. The van der Waals surface area contributed by atoms with E-state index in [1.54, 1.807) is 4.68 Å². The Hall–Kier alpha value is -3.06. The SMILES string of the molecule is Br.CCOc1ccc(-c2cnc3c(=C4CCCCCN4)c(=O)n(-c4ccccc4)n23)cc1. The van der Waals surface area contributed by atoms with Gasteiger partial charge in [0.15, 0.2) is 5.65 Å². The maximum absolute atomic E-state index is 13.7. The van der Waals surface area contributed by atoms with Gasteiger partial charge in [0.2, 0.25) is 0 Å². The molecule has 0 bridgehead atoms. The first kappa shape index (κ1) is 22.1. The number of para-hydroxylation sites is 1. The average Bonchev–Trinajstić information content (AvgIpc) is 3.20. The van der Waals surface area contributed by atoms with Crippen LogP contribution in [0.1, 0.15) is 32.6 Å². The summed E-state index contributed by atoms with van der Waals surface area (Å²) in [5.74, 6) is 0.828. The van der Waals surface area contributed by atoms with E-state index in [-0.39, 0.29) is 22.5 Å². The summed E-state index contributed by atoms with van der Waals surface area (Å²) in [7, 11) is 0. The van der Waals surface area contributed by atoms with Gasteiger partial charge in [-0.05, 0) is 62.6 Å². The van der Waals surface area contributed by atoms with Crippen molar-refractivity contribution in [2.45, 2.75) is 32.6 Å². The molecule has 1 saturated heterocycles. The van der Waals surface area contributed by atoms with Gasteiger partial charge in [0.1, 0.15) is 11.0 Å². The highest BCUT2D eigenvalue weighted by Crippen LogP contribution is 2.24. The number of aromatic nitrogens is 3. The highest BCUT2D eigenvalue weighted by molar-refractivity contribution is 8.93. The van der Waals surface area contributed by atoms with Crippen molar-refractivity contribution in [1.29, 1.82) is 0 Å². The molecule has 1 fully saturated rings. The molecule has 1 aliphatic heterocycles. The average molecular weight is 495 g/mol. The van der Waals surface area contributed by atoms with Crippen LogP contribution in [-0.2, 0) is 0 Å². The molecule has 6 nitrogen and oxygen atoms in total. The molecular formula is C25H27BrN4O2. The zero-order valence-electron chi connectivity index (χ0n) is 18.1. The number of benzene rings is 2. The van der Waals surface area contributed by atoms with Crippen molar-refractivity contribution in [1.82, 2.24) is 19.5 Å². The second kappa shape index (κ2) is 9.61. The summed E-state index contributed by atoms with van der Waals surface area (Å²) in [5.41, 5.74) is 4.35. The van der Waals surface area contributed by atoms with Gasteiger partial charge in [0, 0.05) is 17.8 Å². The smallest absolute Gasteiger partial charge is 0.283 e. The van der Waals surface area contributed by atoms with Gasteiger partial charge < -0.3 is 10.1 Å². The number of rotatable bonds is 4. The molecule has 166 valence electrons. The minimum absolute atomic E-state index is 0. The second-order valence-corrected chi connectivity index (χ2v) is 7.78. The number of hydrogen-bond donors (Lipinski definition) is 1. The van der Waals surface area contributed by atoms with Crippen molar-refractivity contribution in [2.24, 2.45) is 0 Å². The van der Waals surface area contributed by atoms with Crippen molar-refractivity contribution < 1.29 is 4.74 Å². The molecule has 0 atom stereocenters. The molecular weight excluding hydrogens is 468 g/mol. The van der Waals surface area contributed by atoms with E-state index in [1.165, 1.54) is 6.42 Å². The highest BCUT2D eigenvalue weighted by Gasteiger charge is 2.20. The van der Waals surface area contributed by atoms with Crippen LogP contribution in [0.15, 0.2) is 65.6 Å². The van der Waals surface area contributed by atoms with Crippen LogP contribution in [-0.4, -0.2) is 27.3 Å². The number of imidazole rings is 1. The Labute approximate surface area is 197 Å². The molecule has 2 aromatic carbocycles. The lowest BCUT2D eigenvalue weighted by molar-refractivity contribution is 0.340. The van der Waals surface area contributed by atoms with Gasteiger partial charge in [-0.25, -0.2) is 14.2 Å². The van der Waals surface area contributed by atoms with E-state index < -0.39 is 0 Å². The van der Waals surface area contributed by atoms with Crippen LogP contribution in [0.4, 0.5) is 0 Å². The predicted octanol–water partition coefficient (Wildman–Crippen LogP) is 4.12. The molecule has 5 rings (SSSR count). The number of nitrogens with one attached hydrogen (secondary N) is 1. The molecule has 1 aliphatic rings. The number of ether oxygens (including phenoxy) is 1. The van der Waals surface area contributed by atoms with Gasteiger partial charge in [-0.2, -0.15) is 0 Å². The third kappa shape index (κ3) is 3.93. The molecule has 0 spiro atoms. The van der Waals surface area contributed by atoms with Gasteiger partial charge >= 0.3 is 0 Å². The van der Waals surface area contributed by atoms with E-state index in [0.717, 1.165) is 54.2 Å². The standard InChI is InChI=1S/C25H26N4O2.BrH/c1-2-31-20-14-12-18(13-15-20)22-17-27-24-23(21-11-7-4-8-16-26-21)25(30)28(29(22)24)19-9-5-3-6-10-19;/h3,5-6,9-10,12-15,17,26H,2,4,7-8,11,16H2,1H3;1H. The first-order chi connectivity index (χ1) is 15.3. The fourth-order valence-corrected chi connectivity index (χ4v) is 4.31. The quantitative estimate of drug-likeness (QED) is 0.463. The number of fused-ring (bicyclic) bond motifs is 1. The van der Waals surface area contributed by atoms with E-state index in [4.69, 9.17) is 9.72 Å². The number of hydrogen-bond acceptors (Lipinski definition) is 4. The van der Waals surface area contributed by atoms with Crippen molar-refractivity contribution in [3.05, 3.63) is 76.4 Å². The molecule has 3 heterocycles. The van der Waals surface area contributed by atoms with E-state index in [1.807, 2.05) is 72.2 Å². The molecule has 0 unspecified atom stereocenters. The summed E-state index contributed by atoms with van der Waals surface area (Å²) in [6.45, 7) is 3.49. The maximum Gasteiger partial charge on any atom is 0.283 e. The molecule has 0 radical (unpaired) electrons. The molecule has 0 aliphatic carbocycles. The lowest BCUT2D eigenvalue weighted by Gasteiger charge is -2.08. The largest absolute Gasteiger partial charge is 0.494 e. The van der Waals surface area contributed by atoms with E-state index >= 15 is 0 Å². The van der Waals surface area contributed by atoms with Crippen molar-refractivity contribution in [3.8, 4) is 22.7 Å². The summed E-state index contributed by atoms with van der Waals surface area (Å²) >= 11 is 0. The number of nitrogens with zero attached hydrogens (tertiary/aromatic N) is 3. The Kier molecular flexibility index (Phi) is 6.65. The fraction of sp³-hybridized carbons (Fsp3) is 0.280. The van der Waals surface area contributed by atoms with Crippen LogP contribution in [0.3, 0.4) is 0 Å². The minimum Gasteiger partial charge on any atom is -0.494 e. The summed E-state index contributed by atoms with van der Waals surface area (Å²) in [4.78, 5) is 18.4. The Bertz CT molecular complexity index is 1300. The lowest BCUT2D eigenvalue weighted by Crippen LogP contribution is -2.33. The Balaban J connectivity index is 0.00000245. The van der Waals surface area contributed by atoms with Gasteiger partial charge in [-0.3, -0.25) is 4.79 Å². The lowest BCUT2D eigenvalue weighted by atomic mass is 10.1. The first-order valence-corrected chi connectivity index (χ1v) is 11.0. The van der Waals surface area contributed by atoms with Crippen molar-refractivity contribution in [3.63, 3.8) is 0 Å². The van der Waals surface area contributed by atoms with E-state index in [0.29, 0.717) is 17.5 Å². The third-order valence-corrected chi connectivity index (χ3v) is 5.77. The Morgan fingerprint density at radius 2 is 1.81 bits per heavy atom. The van der Waals surface area contributed by atoms with Crippen LogP contribution in [0.25, 0.3) is 28.3 Å². The third-order valence-electron chi connectivity index (χ3n) is 5.77. The van der Waals surface area contributed by atoms with Crippen LogP contribution in [0.5, 0.6) is 5.75 Å². The van der Waals surface area contributed by atoms with Gasteiger partial charge in [-0.1, -0.05) is 24.6 Å². The molecule has 32 heavy (non-hydrogen) atoms. The maximum atomic E-state index is 13.7. The molecule has 1 N–H and O–H groups in total. The summed E-state index contributed by atoms with van der Waals surface area (Å²) in [6.07, 6.45) is 6.10. The van der Waals surface area contributed by atoms with E-state index in [9.17, 15) is 4.79 Å². The van der Waals surface area contributed by atoms with Crippen molar-refractivity contribution >= 4 is 28.3 Å². The topological polar surface area (TPSA) is 60.6 Å². The van der Waals surface area contributed by atoms with Crippen LogP contribution in [0.2, 0.25) is 0 Å². The highest BCUT2D eigenvalue weighted by atomic mass is 79.9. The summed E-state index contributed by atoms with van der Waals surface area (Å²) in [5, 5.41) is 4.18. The van der Waals surface area contributed by atoms with Gasteiger partial charge in [0.25, 0.3) is 5.56 Å². The fourth-order valence-electron chi connectivity index (χ4n) is 4.31. The van der Waals surface area contributed by atoms with Crippen molar-refractivity contribution in [2.75, 3.05) is 13.2 Å². The zero-order valence-corrected chi connectivity index (χ0v) is 19.8. The summed E-state index contributed by atoms with van der Waals surface area (Å²) < 4.78 is 9.27. The molecule has 4 aromatic rings. The Morgan fingerprint density at radius 1 is 1.03 bits per heavy atom. The number of halogens is 1. The molecule has 2 aromatic heterocycles. The molecule has 0 saturated carbocycles. The minimum atomic E-state index is -0.0362. The zero-order chi connectivity index (χ0) is 21.2. The molecule has 0 amide bonds. The van der Waals surface area contributed by atoms with E-state index in [2.05, 4.69) is 5.32 Å². The monoisotopic (exact) mass is 494 g/mol.